The van der Waals surface area contributed by atoms with Crippen molar-refractivity contribution in [3.63, 3.8) is 0 Å². The Bertz CT molecular complexity index is 342. The molecule has 1 aliphatic heterocycles. The number of carbonyl (C=O) groups is 1. The van der Waals surface area contributed by atoms with Gasteiger partial charge < -0.3 is 4.74 Å². The second-order valence-electron chi connectivity index (χ2n) is 4.45. The summed E-state index contributed by atoms with van der Waals surface area (Å²) in [6.45, 7) is 2.96. The lowest BCUT2D eigenvalue weighted by molar-refractivity contribution is -0.130. The molecule has 88 valence electrons. The van der Waals surface area contributed by atoms with Crippen molar-refractivity contribution in [2.24, 2.45) is 4.99 Å². The van der Waals surface area contributed by atoms with Crippen molar-refractivity contribution in [1.82, 2.24) is 0 Å². The highest BCUT2D eigenvalue weighted by Crippen LogP contribution is 2.31. The first-order chi connectivity index (χ1) is 7.83. The van der Waals surface area contributed by atoms with Gasteiger partial charge in [-0.15, -0.1) is 0 Å². The van der Waals surface area contributed by atoms with Crippen LogP contribution in [0.4, 0.5) is 0 Å². The number of cyclic esters (lactones) is 1. The van der Waals surface area contributed by atoms with Crippen LogP contribution in [0.5, 0.6) is 0 Å². The predicted molar refractivity (Wildman–Crippen MR) is 63.4 cm³/mol. The van der Waals surface area contributed by atoms with Crippen molar-refractivity contribution in [2.45, 2.75) is 51.9 Å². The summed E-state index contributed by atoms with van der Waals surface area (Å²) in [6, 6.07) is 0. The molecule has 0 fully saturated rings. The Morgan fingerprint density at radius 1 is 1.19 bits per heavy atom. The van der Waals surface area contributed by atoms with Crippen LogP contribution in [0.1, 0.15) is 51.9 Å². The fourth-order valence-corrected chi connectivity index (χ4v) is 2.25. The molecule has 0 aromatic heterocycles. The fraction of sp³-hybridized carbons (Fsp3) is 0.692. The van der Waals surface area contributed by atoms with Crippen LogP contribution in [-0.2, 0) is 9.53 Å². The summed E-state index contributed by atoms with van der Waals surface area (Å²) >= 11 is 0. The maximum atomic E-state index is 11.5. The molecule has 0 saturated carbocycles. The van der Waals surface area contributed by atoms with Gasteiger partial charge in [0.05, 0.1) is 0 Å². The highest BCUT2D eigenvalue weighted by Gasteiger charge is 2.32. The molecule has 3 heteroatoms. The molecular formula is C13H19NO2. The van der Waals surface area contributed by atoms with Gasteiger partial charge in [0.15, 0.2) is 0 Å². The maximum Gasteiger partial charge on any atom is 0.341 e. The smallest absolute Gasteiger partial charge is 0.341 e. The van der Waals surface area contributed by atoms with Gasteiger partial charge in [0.1, 0.15) is 0 Å². The van der Waals surface area contributed by atoms with Crippen LogP contribution < -0.4 is 0 Å². The molecule has 1 aliphatic carbocycles. The standard InChI is InChI=1S/C13H19NO2/c1-2-3-6-9-14-12-10-7-4-5-8-11(10)13(15)16-12/h2-9H2,1H3/b14-12+. The number of nitrogens with zero attached hydrogens (tertiary/aromatic N) is 1. The van der Waals surface area contributed by atoms with E-state index in [1.54, 1.807) is 0 Å². The summed E-state index contributed by atoms with van der Waals surface area (Å²) in [5.41, 5.74) is 1.98. The first kappa shape index (κ1) is 11.4. The molecule has 2 aliphatic rings. The zero-order valence-electron chi connectivity index (χ0n) is 9.92. The molecule has 0 aromatic carbocycles. The fourth-order valence-electron chi connectivity index (χ4n) is 2.25. The van der Waals surface area contributed by atoms with E-state index in [1.165, 1.54) is 12.8 Å². The minimum Gasteiger partial charge on any atom is -0.404 e. The molecule has 0 atom stereocenters. The lowest BCUT2D eigenvalue weighted by atomic mass is 9.93. The minimum absolute atomic E-state index is 0.149. The molecular weight excluding hydrogens is 202 g/mol. The van der Waals surface area contributed by atoms with Crippen LogP contribution in [0, 0.1) is 0 Å². The summed E-state index contributed by atoms with van der Waals surface area (Å²) in [5, 5.41) is 0. The molecule has 2 rings (SSSR count). The summed E-state index contributed by atoms with van der Waals surface area (Å²) in [4.78, 5) is 16.0. The third-order valence-electron chi connectivity index (χ3n) is 3.18. The average Bonchev–Trinajstić information content (AvgIpc) is 2.63. The molecule has 0 saturated heterocycles. The van der Waals surface area contributed by atoms with Gasteiger partial charge >= 0.3 is 5.97 Å². The van der Waals surface area contributed by atoms with Crippen LogP contribution in [-0.4, -0.2) is 18.4 Å². The third-order valence-corrected chi connectivity index (χ3v) is 3.18. The van der Waals surface area contributed by atoms with E-state index in [2.05, 4.69) is 11.9 Å². The number of hydrogen-bond donors (Lipinski definition) is 0. The van der Waals surface area contributed by atoms with E-state index in [0.717, 1.165) is 49.8 Å². The van der Waals surface area contributed by atoms with E-state index in [-0.39, 0.29) is 5.97 Å². The van der Waals surface area contributed by atoms with E-state index < -0.39 is 0 Å². The molecule has 0 amide bonds. The van der Waals surface area contributed by atoms with Gasteiger partial charge in [-0.3, -0.25) is 4.99 Å². The Balaban J connectivity index is 2.01. The van der Waals surface area contributed by atoms with E-state index >= 15 is 0 Å². The van der Waals surface area contributed by atoms with Gasteiger partial charge in [-0.1, -0.05) is 19.8 Å². The van der Waals surface area contributed by atoms with E-state index in [0.29, 0.717) is 5.90 Å². The lowest BCUT2D eigenvalue weighted by Gasteiger charge is -2.09. The van der Waals surface area contributed by atoms with Crippen molar-refractivity contribution >= 4 is 11.9 Å². The van der Waals surface area contributed by atoms with E-state index in [4.69, 9.17) is 4.74 Å². The van der Waals surface area contributed by atoms with Crippen molar-refractivity contribution < 1.29 is 9.53 Å². The van der Waals surface area contributed by atoms with Gasteiger partial charge in [0, 0.05) is 17.7 Å². The SMILES string of the molecule is CCCCC/N=C1/OC(=O)C2=C1CCCC2. The molecule has 0 aromatic rings. The molecule has 0 spiro atoms. The second-order valence-corrected chi connectivity index (χ2v) is 4.45. The highest BCUT2D eigenvalue weighted by atomic mass is 16.5. The van der Waals surface area contributed by atoms with Crippen LogP contribution in [0.25, 0.3) is 0 Å². The van der Waals surface area contributed by atoms with Gasteiger partial charge in [-0.25, -0.2) is 4.79 Å². The van der Waals surface area contributed by atoms with Gasteiger partial charge in [-0.05, 0) is 32.1 Å². The molecule has 1 heterocycles. The average molecular weight is 221 g/mol. The maximum absolute atomic E-state index is 11.5. The molecule has 0 radical (unpaired) electrons. The predicted octanol–water partition coefficient (Wildman–Crippen LogP) is 3.00. The van der Waals surface area contributed by atoms with Crippen molar-refractivity contribution in [3.05, 3.63) is 11.1 Å². The molecule has 16 heavy (non-hydrogen) atoms. The Labute approximate surface area is 96.6 Å². The number of unbranched alkanes of at least 4 members (excludes halogenated alkanes) is 2. The highest BCUT2D eigenvalue weighted by molar-refractivity contribution is 6.14. The Kier molecular flexibility index (Phi) is 3.75. The van der Waals surface area contributed by atoms with E-state index in [1.807, 2.05) is 0 Å². The number of hydrogen-bond acceptors (Lipinski definition) is 3. The van der Waals surface area contributed by atoms with Crippen molar-refractivity contribution in [2.75, 3.05) is 6.54 Å². The number of ether oxygens (including phenoxy) is 1. The first-order valence-electron chi connectivity index (χ1n) is 6.32. The largest absolute Gasteiger partial charge is 0.404 e. The normalized spacial score (nSPS) is 22.6. The summed E-state index contributed by atoms with van der Waals surface area (Å²) < 4.78 is 5.23. The van der Waals surface area contributed by atoms with Crippen LogP contribution in [0.15, 0.2) is 16.1 Å². The van der Waals surface area contributed by atoms with Crippen LogP contribution in [0.3, 0.4) is 0 Å². The van der Waals surface area contributed by atoms with Crippen LogP contribution >= 0.6 is 0 Å². The summed E-state index contributed by atoms with van der Waals surface area (Å²) in [7, 11) is 0. The second kappa shape index (κ2) is 5.28. The van der Waals surface area contributed by atoms with Gasteiger partial charge in [0.2, 0.25) is 5.90 Å². The minimum atomic E-state index is -0.149. The number of carbonyl (C=O) groups excluding carboxylic acids is 1. The quantitative estimate of drug-likeness (QED) is 0.540. The Morgan fingerprint density at radius 3 is 2.69 bits per heavy atom. The van der Waals surface area contributed by atoms with E-state index in [9.17, 15) is 4.79 Å². The number of esters is 1. The summed E-state index contributed by atoms with van der Waals surface area (Å²) in [5.74, 6) is 0.472. The zero-order valence-corrected chi connectivity index (χ0v) is 9.92. The number of aliphatic imine (C=N–C) groups is 1. The van der Waals surface area contributed by atoms with Crippen LogP contribution in [0.2, 0.25) is 0 Å². The number of rotatable bonds is 4. The molecule has 0 bridgehead atoms. The van der Waals surface area contributed by atoms with Gasteiger partial charge in [0.25, 0.3) is 0 Å². The first-order valence-corrected chi connectivity index (χ1v) is 6.32. The summed E-state index contributed by atoms with van der Waals surface area (Å²) in [6.07, 6.45) is 7.58. The monoisotopic (exact) mass is 221 g/mol. The van der Waals surface area contributed by atoms with Crippen molar-refractivity contribution in [3.8, 4) is 0 Å². The molecule has 3 nitrogen and oxygen atoms in total. The van der Waals surface area contributed by atoms with Crippen molar-refractivity contribution in [1.29, 1.82) is 0 Å². The third kappa shape index (κ3) is 2.34. The Morgan fingerprint density at radius 2 is 1.94 bits per heavy atom. The van der Waals surface area contributed by atoms with Gasteiger partial charge in [-0.2, -0.15) is 0 Å². The zero-order chi connectivity index (χ0) is 11.4. The topological polar surface area (TPSA) is 38.7 Å². The lowest BCUT2D eigenvalue weighted by Crippen LogP contribution is -2.04. The molecule has 0 N–H and O–H groups in total. The Hall–Kier alpha value is -1.12. The molecule has 0 unspecified atom stereocenters.